The number of nitrogens with zero attached hydrogens (tertiary/aromatic N) is 2. The summed E-state index contributed by atoms with van der Waals surface area (Å²) in [6, 6.07) is 5.26. The van der Waals surface area contributed by atoms with Crippen LogP contribution in [0.2, 0.25) is 0 Å². The molecular formula is C21H21N3O5. The van der Waals surface area contributed by atoms with E-state index in [1.165, 1.54) is 4.73 Å². The number of nitrogens with one attached hydrogen (secondary N) is 1. The molecule has 0 saturated carbocycles. The molecule has 8 heteroatoms. The summed E-state index contributed by atoms with van der Waals surface area (Å²) in [4.78, 5) is 43.6. The molecule has 0 aliphatic carbocycles. The van der Waals surface area contributed by atoms with Crippen molar-refractivity contribution in [3.8, 4) is 5.88 Å². The zero-order chi connectivity index (χ0) is 20.5. The third kappa shape index (κ3) is 3.66. The zero-order valence-corrected chi connectivity index (χ0v) is 16.2. The van der Waals surface area contributed by atoms with Crippen molar-refractivity contribution in [1.82, 2.24) is 9.63 Å². The standard InChI is InChI=1S/C21H21N3O5/c1-3-17(25)22-14-4-5-16-15(12-14)20(13-8-10-23(2)11-9-13)21-24(16)29-19(27)7-6-18(26)28-21/h4-8,12H,3,9-11H2,1-2H3,(H,22,25)/b7-6+. The van der Waals surface area contributed by atoms with E-state index in [2.05, 4.69) is 16.3 Å². The van der Waals surface area contributed by atoms with E-state index in [9.17, 15) is 14.4 Å². The minimum absolute atomic E-state index is 0.107. The van der Waals surface area contributed by atoms with E-state index in [1.54, 1.807) is 19.1 Å². The van der Waals surface area contributed by atoms with Crippen LogP contribution in [0.25, 0.3) is 16.5 Å². The van der Waals surface area contributed by atoms with Gasteiger partial charge in [0.1, 0.15) is 0 Å². The van der Waals surface area contributed by atoms with Crippen LogP contribution in [0.5, 0.6) is 5.88 Å². The van der Waals surface area contributed by atoms with E-state index in [-0.39, 0.29) is 11.8 Å². The molecule has 0 unspecified atom stereocenters. The minimum atomic E-state index is -0.674. The number of amides is 1. The van der Waals surface area contributed by atoms with Crippen molar-refractivity contribution in [1.29, 1.82) is 0 Å². The SMILES string of the molecule is CCC(=O)Nc1ccc2c(c1)c(C1=CCN(C)CC1)c1n2OC(=O)/C=C/C(=O)O1. The van der Waals surface area contributed by atoms with Crippen molar-refractivity contribution in [2.24, 2.45) is 0 Å². The maximum Gasteiger partial charge on any atom is 0.356 e. The number of carbonyl (C=O) groups is 3. The zero-order valence-electron chi connectivity index (χ0n) is 16.2. The lowest BCUT2D eigenvalue weighted by Gasteiger charge is -2.22. The molecule has 0 atom stereocenters. The number of esters is 1. The fourth-order valence-electron chi connectivity index (χ4n) is 3.44. The molecule has 2 aliphatic heterocycles. The highest BCUT2D eigenvalue weighted by Gasteiger charge is 2.28. The van der Waals surface area contributed by atoms with Gasteiger partial charge in [-0.25, -0.2) is 9.59 Å². The predicted octanol–water partition coefficient (Wildman–Crippen LogP) is 2.14. The maximum atomic E-state index is 12.1. The highest BCUT2D eigenvalue weighted by molar-refractivity contribution is 6.02. The van der Waals surface area contributed by atoms with Crippen LogP contribution in [0.1, 0.15) is 25.3 Å². The van der Waals surface area contributed by atoms with Crippen molar-refractivity contribution in [3.63, 3.8) is 0 Å². The monoisotopic (exact) mass is 395 g/mol. The van der Waals surface area contributed by atoms with Gasteiger partial charge in [-0.05, 0) is 37.2 Å². The Kier molecular flexibility index (Phi) is 4.94. The summed E-state index contributed by atoms with van der Waals surface area (Å²) in [5.74, 6) is -1.27. The third-order valence-electron chi connectivity index (χ3n) is 4.96. The number of hydrogen-bond acceptors (Lipinski definition) is 6. The predicted molar refractivity (Wildman–Crippen MR) is 107 cm³/mol. The second kappa shape index (κ2) is 7.56. The number of anilines is 1. The molecule has 0 saturated heterocycles. The highest BCUT2D eigenvalue weighted by atomic mass is 16.7. The Morgan fingerprint density at radius 3 is 2.72 bits per heavy atom. The van der Waals surface area contributed by atoms with Gasteiger partial charge in [-0.15, -0.1) is 4.73 Å². The summed E-state index contributed by atoms with van der Waals surface area (Å²) in [5.41, 5.74) is 2.88. The molecule has 0 spiro atoms. The summed E-state index contributed by atoms with van der Waals surface area (Å²) in [6.07, 6.45) is 5.25. The normalized spacial score (nSPS) is 18.2. The molecule has 4 rings (SSSR count). The molecule has 1 N–H and O–H groups in total. The molecule has 2 aromatic rings. The molecule has 0 fully saturated rings. The van der Waals surface area contributed by atoms with Gasteiger partial charge in [0, 0.05) is 42.7 Å². The van der Waals surface area contributed by atoms with Gasteiger partial charge in [0.2, 0.25) is 11.8 Å². The maximum absolute atomic E-state index is 12.1. The van der Waals surface area contributed by atoms with Gasteiger partial charge in [0.15, 0.2) is 0 Å². The van der Waals surface area contributed by atoms with Crippen molar-refractivity contribution >= 4 is 40.0 Å². The number of rotatable bonds is 3. The Labute approximate surface area is 167 Å². The van der Waals surface area contributed by atoms with Crippen LogP contribution in [-0.2, 0) is 14.4 Å². The highest BCUT2D eigenvalue weighted by Crippen LogP contribution is 2.40. The third-order valence-corrected chi connectivity index (χ3v) is 4.96. The van der Waals surface area contributed by atoms with E-state index in [4.69, 9.17) is 9.57 Å². The van der Waals surface area contributed by atoms with E-state index in [0.717, 1.165) is 42.6 Å². The number of benzene rings is 1. The van der Waals surface area contributed by atoms with Gasteiger partial charge in [-0.2, -0.15) is 0 Å². The smallest absolute Gasteiger partial charge is 0.356 e. The molecule has 29 heavy (non-hydrogen) atoms. The Balaban J connectivity index is 1.93. The molecular weight excluding hydrogens is 374 g/mol. The summed E-state index contributed by atoms with van der Waals surface area (Å²) in [5, 5.41) is 3.57. The summed E-state index contributed by atoms with van der Waals surface area (Å²) in [7, 11) is 2.03. The molecule has 0 radical (unpaired) electrons. The fraction of sp³-hybridized carbons (Fsp3) is 0.286. The van der Waals surface area contributed by atoms with Gasteiger partial charge >= 0.3 is 11.9 Å². The second-order valence-electron chi connectivity index (χ2n) is 7.01. The van der Waals surface area contributed by atoms with Crippen molar-refractivity contribution in [3.05, 3.63) is 42.0 Å². The lowest BCUT2D eigenvalue weighted by molar-refractivity contribution is -0.142. The number of aromatic nitrogens is 1. The van der Waals surface area contributed by atoms with Crippen LogP contribution in [0.15, 0.2) is 36.4 Å². The first-order valence-electron chi connectivity index (χ1n) is 9.44. The Bertz CT molecular complexity index is 1080. The van der Waals surface area contributed by atoms with Crippen LogP contribution < -0.4 is 14.9 Å². The molecule has 8 nitrogen and oxygen atoms in total. The average Bonchev–Trinajstić information content (AvgIpc) is 2.98. The molecule has 1 aromatic heterocycles. The lowest BCUT2D eigenvalue weighted by atomic mass is 9.98. The first kappa shape index (κ1) is 18.9. The Hall–Kier alpha value is -3.39. The van der Waals surface area contributed by atoms with E-state index >= 15 is 0 Å². The largest absolute Gasteiger partial charge is 0.402 e. The van der Waals surface area contributed by atoms with E-state index in [1.807, 2.05) is 13.1 Å². The van der Waals surface area contributed by atoms with Crippen LogP contribution >= 0.6 is 0 Å². The van der Waals surface area contributed by atoms with Crippen LogP contribution in [0.4, 0.5) is 5.69 Å². The first-order chi connectivity index (χ1) is 14.0. The average molecular weight is 395 g/mol. The minimum Gasteiger partial charge on any atom is -0.402 e. The number of carbonyl (C=O) groups excluding carboxylic acids is 3. The van der Waals surface area contributed by atoms with Crippen LogP contribution in [0, 0.1) is 0 Å². The molecule has 3 heterocycles. The topological polar surface area (TPSA) is 89.9 Å². The van der Waals surface area contributed by atoms with Gasteiger partial charge in [-0.3, -0.25) is 4.79 Å². The number of hydrogen-bond donors (Lipinski definition) is 1. The van der Waals surface area contributed by atoms with Gasteiger partial charge < -0.3 is 19.8 Å². The summed E-state index contributed by atoms with van der Waals surface area (Å²) in [6.45, 7) is 3.37. The van der Waals surface area contributed by atoms with E-state index < -0.39 is 11.9 Å². The van der Waals surface area contributed by atoms with Gasteiger partial charge in [0.25, 0.3) is 0 Å². The van der Waals surface area contributed by atoms with E-state index in [0.29, 0.717) is 23.2 Å². The molecule has 1 aromatic carbocycles. The van der Waals surface area contributed by atoms with Crippen LogP contribution in [-0.4, -0.2) is 47.6 Å². The van der Waals surface area contributed by atoms with Crippen LogP contribution in [0.3, 0.4) is 0 Å². The number of likely N-dealkylation sites (N-methyl/N-ethyl adjacent to an activating group) is 1. The lowest BCUT2D eigenvalue weighted by Crippen LogP contribution is -2.25. The summed E-state index contributed by atoms with van der Waals surface area (Å²) >= 11 is 0. The van der Waals surface area contributed by atoms with Crippen molar-refractivity contribution < 1.29 is 24.0 Å². The molecule has 2 aliphatic rings. The quantitative estimate of drug-likeness (QED) is 0.801. The molecule has 150 valence electrons. The fourth-order valence-corrected chi connectivity index (χ4v) is 3.44. The van der Waals surface area contributed by atoms with Gasteiger partial charge in [-0.1, -0.05) is 13.0 Å². The Morgan fingerprint density at radius 2 is 2.00 bits per heavy atom. The second-order valence-corrected chi connectivity index (χ2v) is 7.01. The number of ether oxygens (including phenoxy) is 1. The van der Waals surface area contributed by atoms with Gasteiger partial charge in [0.05, 0.1) is 11.1 Å². The van der Waals surface area contributed by atoms with Crippen molar-refractivity contribution in [2.45, 2.75) is 19.8 Å². The molecule has 0 bridgehead atoms. The number of fused-ring (bicyclic) bond motifs is 3. The summed E-state index contributed by atoms with van der Waals surface area (Å²) < 4.78 is 6.79. The Morgan fingerprint density at radius 1 is 1.21 bits per heavy atom. The molecule has 1 amide bonds. The van der Waals surface area contributed by atoms with Crippen molar-refractivity contribution in [2.75, 3.05) is 25.5 Å². The first-order valence-corrected chi connectivity index (χ1v) is 9.44.